The lowest BCUT2D eigenvalue weighted by Gasteiger charge is -1.92. The fraction of sp³-hybridized carbons (Fsp3) is 0.400. The second-order valence-electron chi connectivity index (χ2n) is 1.55. The van der Waals surface area contributed by atoms with Gasteiger partial charge in [0, 0.05) is 12.6 Å². The van der Waals surface area contributed by atoms with Crippen LogP contribution in [0.5, 0.6) is 0 Å². The Morgan fingerprint density at radius 3 is 3.11 bits per heavy atom. The van der Waals surface area contributed by atoms with Gasteiger partial charge in [0.25, 0.3) is 0 Å². The van der Waals surface area contributed by atoms with Gasteiger partial charge in [0.1, 0.15) is 10.2 Å². The van der Waals surface area contributed by atoms with Crippen LogP contribution in [-0.4, -0.2) is 10.9 Å². The fourth-order valence-corrected chi connectivity index (χ4v) is 1.19. The van der Waals surface area contributed by atoms with Crippen LogP contribution in [0.4, 0.5) is 5.82 Å². The quantitative estimate of drug-likeness (QED) is 0.722. The van der Waals surface area contributed by atoms with Crippen molar-refractivity contribution in [2.24, 2.45) is 0 Å². The predicted molar refractivity (Wildman–Crippen MR) is 41.3 cm³/mol. The van der Waals surface area contributed by atoms with Crippen LogP contribution in [0.1, 0.15) is 6.92 Å². The minimum atomic E-state index is 0.728. The molecule has 0 fully saturated rings. The lowest BCUT2D eigenvalue weighted by Crippen LogP contribution is -1.94. The number of hydrogen-bond donors (Lipinski definition) is 1. The Hall–Kier alpha value is -0.280. The molecule has 0 spiro atoms. The van der Waals surface area contributed by atoms with E-state index in [0.29, 0.717) is 0 Å². The SMILES string of the molecule is CCNc1cc(Cl)sn1. The van der Waals surface area contributed by atoms with Crippen molar-refractivity contribution in [1.29, 1.82) is 0 Å². The van der Waals surface area contributed by atoms with E-state index in [1.165, 1.54) is 11.5 Å². The van der Waals surface area contributed by atoms with Gasteiger partial charge in [-0.3, -0.25) is 0 Å². The summed E-state index contributed by atoms with van der Waals surface area (Å²) in [6.07, 6.45) is 0. The molecule has 0 amide bonds. The lowest BCUT2D eigenvalue weighted by atomic mass is 10.6. The molecule has 0 aliphatic carbocycles. The molecule has 1 aromatic rings. The van der Waals surface area contributed by atoms with Crippen molar-refractivity contribution in [3.63, 3.8) is 0 Å². The zero-order valence-electron chi connectivity index (χ0n) is 5.02. The van der Waals surface area contributed by atoms with Crippen LogP contribution in [-0.2, 0) is 0 Å². The Bertz CT molecular complexity index is 187. The number of rotatable bonds is 2. The molecule has 50 valence electrons. The third-order valence-corrected chi connectivity index (χ3v) is 1.74. The van der Waals surface area contributed by atoms with E-state index in [0.717, 1.165) is 16.7 Å². The van der Waals surface area contributed by atoms with Crippen LogP contribution >= 0.6 is 23.1 Å². The smallest absolute Gasteiger partial charge is 0.141 e. The van der Waals surface area contributed by atoms with Crippen molar-refractivity contribution in [1.82, 2.24) is 4.37 Å². The van der Waals surface area contributed by atoms with Crippen LogP contribution in [0, 0.1) is 0 Å². The topological polar surface area (TPSA) is 24.9 Å². The summed E-state index contributed by atoms with van der Waals surface area (Å²) in [5.41, 5.74) is 0. The summed E-state index contributed by atoms with van der Waals surface area (Å²) in [5, 5.41) is 3.04. The van der Waals surface area contributed by atoms with Gasteiger partial charge in [0.05, 0.1) is 0 Å². The number of nitrogens with zero attached hydrogens (tertiary/aromatic N) is 1. The molecule has 2 nitrogen and oxygen atoms in total. The molecular formula is C5H7ClN2S. The van der Waals surface area contributed by atoms with Gasteiger partial charge in [-0.2, -0.15) is 4.37 Å². The van der Waals surface area contributed by atoms with Crippen LogP contribution in [0.3, 0.4) is 0 Å². The molecule has 0 unspecified atom stereocenters. The van der Waals surface area contributed by atoms with Gasteiger partial charge in [-0.15, -0.1) is 0 Å². The van der Waals surface area contributed by atoms with Crippen molar-refractivity contribution in [3.05, 3.63) is 10.4 Å². The zero-order chi connectivity index (χ0) is 6.69. The first-order chi connectivity index (χ1) is 4.33. The average Bonchev–Trinajstić information content (AvgIpc) is 2.17. The Labute approximate surface area is 63.0 Å². The monoisotopic (exact) mass is 162 g/mol. The molecule has 0 aliphatic rings. The summed E-state index contributed by atoms with van der Waals surface area (Å²) < 4.78 is 4.73. The molecule has 1 rings (SSSR count). The molecule has 0 saturated heterocycles. The number of anilines is 1. The molecule has 0 radical (unpaired) electrons. The van der Waals surface area contributed by atoms with Gasteiger partial charge in [-0.25, -0.2) is 0 Å². The third-order valence-electron chi connectivity index (χ3n) is 0.839. The average molecular weight is 163 g/mol. The Morgan fingerprint density at radius 1 is 1.89 bits per heavy atom. The maximum absolute atomic E-state index is 5.61. The van der Waals surface area contributed by atoms with Gasteiger partial charge in [-0.1, -0.05) is 11.6 Å². The second-order valence-corrected chi connectivity index (χ2v) is 2.98. The van der Waals surface area contributed by atoms with E-state index in [9.17, 15) is 0 Å². The van der Waals surface area contributed by atoms with E-state index < -0.39 is 0 Å². The molecular weight excluding hydrogens is 156 g/mol. The van der Waals surface area contributed by atoms with Gasteiger partial charge < -0.3 is 5.32 Å². The summed E-state index contributed by atoms with van der Waals surface area (Å²) in [4.78, 5) is 0. The van der Waals surface area contributed by atoms with Crippen molar-refractivity contribution in [2.75, 3.05) is 11.9 Å². The highest BCUT2D eigenvalue weighted by Gasteiger charge is 1.94. The van der Waals surface area contributed by atoms with Crippen LogP contribution in [0.15, 0.2) is 6.07 Å². The Morgan fingerprint density at radius 2 is 2.67 bits per heavy atom. The molecule has 0 saturated carbocycles. The van der Waals surface area contributed by atoms with Crippen LogP contribution in [0.25, 0.3) is 0 Å². The van der Waals surface area contributed by atoms with Crippen molar-refractivity contribution in [3.8, 4) is 0 Å². The molecule has 4 heteroatoms. The largest absolute Gasteiger partial charge is 0.369 e. The van der Waals surface area contributed by atoms with E-state index in [1.807, 2.05) is 13.0 Å². The molecule has 1 N–H and O–H groups in total. The first kappa shape index (κ1) is 6.83. The third kappa shape index (κ3) is 1.84. The number of aromatic nitrogens is 1. The molecule has 1 heterocycles. The lowest BCUT2D eigenvalue weighted by molar-refractivity contribution is 1.19. The van der Waals surface area contributed by atoms with Gasteiger partial charge in [0.15, 0.2) is 0 Å². The minimum absolute atomic E-state index is 0.728. The fourth-order valence-electron chi connectivity index (χ4n) is 0.517. The Balaban J connectivity index is 2.61. The summed E-state index contributed by atoms with van der Waals surface area (Å²) in [7, 11) is 0. The molecule has 0 aromatic carbocycles. The van der Waals surface area contributed by atoms with Crippen molar-refractivity contribution in [2.45, 2.75) is 6.92 Å². The first-order valence-electron chi connectivity index (χ1n) is 2.69. The normalized spacial score (nSPS) is 9.56. The summed E-state index contributed by atoms with van der Waals surface area (Å²) in [6, 6.07) is 1.82. The van der Waals surface area contributed by atoms with E-state index >= 15 is 0 Å². The van der Waals surface area contributed by atoms with E-state index in [2.05, 4.69) is 9.69 Å². The summed E-state index contributed by atoms with van der Waals surface area (Å²) in [5.74, 6) is 0.868. The maximum atomic E-state index is 5.61. The van der Waals surface area contributed by atoms with Crippen molar-refractivity contribution < 1.29 is 0 Å². The second kappa shape index (κ2) is 3.03. The Kier molecular flexibility index (Phi) is 2.30. The number of halogens is 1. The molecule has 0 bridgehead atoms. The van der Waals surface area contributed by atoms with Crippen LogP contribution < -0.4 is 5.32 Å². The molecule has 0 aliphatic heterocycles. The van der Waals surface area contributed by atoms with Gasteiger partial charge >= 0.3 is 0 Å². The highest BCUT2D eigenvalue weighted by molar-refractivity contribution is 7.10. The van der Waals surface area contributed by atoms with Crippen LogP contribution in [0.2, 0.25) is 4.34 Å². The van der Waals surface area contributed by atoms with Crippen molar-refractivity contribution >= 4 is 29.0 Å². The molecule has 9 heavy (non-hydrogen) atoms. The van der Waals surface area contributed by atoms with E-state index in [4.69, 9.17) is 11.6 Å². The van der Waals surface area contributed by atoms with Gasteiger partial charge in [-0.05, 0) is 18.5 Å². The number of hydrogen-bond acceptors (Lipinski definition) is 3. The van der Waals surface area contributed by atoms with Gasteiger partial charge in [0.2, 0.25) is 0 Å². The predicted octanol–water partition coefficient (Wildman–Crippen LogP) is 2.23. The van der Waals surface area contributed by atoms with E-state index in [1.54, 1.807) is 0 Å². The molecule has 0 atom stereocenters. The zero-order valence-corrected chi connectivity index (χ0v) is 6.59. The summed E-state index contributed by atoms with van der Waals surface area (Å²) >= 11 is 6.91. The molecule has 1 aromatic heterocycles. The first-order valence-corrected chi connectivity index (χ1v) is 3.84. The number of nitrogens with one attached hydrogen (secondary N) is 1. The maximum Gasteiger partial charge on any atom is 0.141 e. The standard InChI is InChI=1S/C5H7ClN2S/c1-2-7-5-3-4(6)9-8-5/h3H,2H2,1H3,(H,7,8). The van der Waals surface area contributed by atoms with E-state index in [-0.39, 0.29) is 0 Å². The summed E-state index contributed by atoms with van der Waals surface area (Å²) in [6.45, 7) is 2.91. The minimum Gasteiger partial charge on any atom is -0.369 e. The highest BCUT2D eigenvalue weighted by atomic mass is 35.5. The highest BCUT2D eigenvalue weighted by Crippen LogP contribution is 2.18.